The largest absolute Gasteiger partial charge is 0.354 e. The summed E-state index contributed by atoms with van der Waals surface area (Å²) in [4.78, 5) is 23.7. The van der Waals surface area contributed by atoms with Crippen LogP contribution in [0.15, 0.2) is 36.9 Å². The van der Waals surface area contributed by atoms with Gasteiger partial charge in [0.15, 0.2) is 0 Å². The number of nitrogens with one attached hydrogen (secondary N) is 2. The van der Waals surface area contributed by atoms with Gasteiger partial charge in [-0.2, -0.15) is 0 Å². The van der Waals surface area contributed by atoms with Crippen molar-refractivity contribution in [3.8, 4) is 0 Å². The molecule has 1 aliphatic rings. The molecule has 0 aliphatic heterocycles. The summed E-state index contributed by atoms with van der Waals surface area (Å²) in [5.74, 6) is -0.687. The topological polar surface area (TPSA) is 58.2 Å². The summed E-state index contributed by atoms with van der Waals surface area (Å²) in [5, 5.41) is 5.46. The molecule has 1 saturated carbocycles. The molecule has 2 N–H and O–H groups in total. The van der Waals surface area contributed by atoms with Crippen LogP contribution in [0.4, 0.5) is 4.39 Å². The molecule has 5 heteroatoms. The van der Waals surface area contributed by atoms with Crippen LogP contribution in [0.25, 0.3) is 0 Å². The molecule has 0 unspecified atom stereocenters. The first-order valence-electron chi connectivity index (χ1n) is 7.53. The minimum absolute atomic E-state index is 0.0940. The molecule has 0 spiro atoms. The molecule has 1 aromatic carbocycles. The fourth-order valence-corrected chi connectivity index (χ4v) is 3.01. The van der Waals surface area contributed by atoms with Gasteiger partial charge in [0.1, 0.15) is 5.82 Å². The van der Waals surface area contributed by atoms with Crippen LogP contribution in [0.3, 0.4) is 0 Å². The van der Waals surface area contributed by atoms with Crippen molar-refractivity contribution in [1.82, 2.24) is 10.6 Å². The van der Waals surface area contributed by atoms with E-state index >= 15 is 0 Å². The fraction of sp³-hybridized carbons (Fsp3) is 0.412. The van der Waals surface area contributed by atoms with E-state index in [4.69, 9.17) is 0 Å². The van der Waals surface area contributed by atoms with Crippen molar-refractivity contribution < 1.29 is 14.0 Å². The SMILES string of the molecule is C=CC(=O)NCCNC(=O)C1(c2cccc(F)c2)CCCC1. The smallest absolute Gasteiger partial charge is 0.243 e. The summed E-state index contributed by atoms with van der Waals surface area (Å²) in [5.41, 5.74) is 0.0856. The summed E-state index contributed by atoms with van der Waals surface area (Å²) in [6, 6.07) is 6.29. The molecule has 22 heavy (non-hydrogen) atoms. The number of rotatable bonds is 6. The van der Waals surface area contributed by atoms with Gasteiger partial charge in [0.2, 0.25) is 11.8 Å². The van der Waals surface area contributed by atoms with E-state index in [0.29, 0.717) is 13.1 Å². The summed E-state index contributed by atoms with van der Waals surface area (Å²) >= 11 is 0. The van der Waals surface area contributed by atoms with E-state index in [2.05, 4.69) is 17.2 Å². The first kappa shape index (κ1) is 16.2. The highest BCUT2D eigenvalue weighted by atomic mass is 19.1. The maximum absolute atomic E-state index is 13.5. The van der Waals surface area contributed by atoms with E-state index in [1.165, 1.54) is 18.2 Å². The Morgan fingerprint density at radius 3 is 2.55 bits per heavy atom. The number of benzene rings is 1. The van der Waals surface area contributed by atoms with Gasteiger partial charge in [0.25, 0.3) is 0 Å². The monoisotopic (exact) mass is 304 g/mol. The molecular formula is C17H21FN2O2. The highest BCUT2D eigenvalue weighted by molar-refractivity contribution is 5.89. The van der Waals surface area contributed by atoms with Gasteiger partial charge >= 0.3 is 0 Å². The van der Waals surface area contributed by atoms with Gasteiger partial charge in [-0.3, -0.25) is 9.59 Å². The van der Waals surface area contributed by atoms with Crippen LogP contribution in [-0.2, 0) is 15.0 Å². The van der Waals surface area contributed by atoms with Crippen LogP contribution in [0.5, 0.6) is 0 Å². The lowest BCUT2D eigenvalue weighted by molar-refractivity contribution is -0.126. The second-order valence-electron chi connectivity index (χ2n) is 5.55. The van der Waals surface area contributed by atoms with Crippen molar-refractivity contribution in [2.24, 2.45) is 0 Å². The Kier molecular flexibility index (Phi) is 5.31. The van der Waals surface area contributed by atoms with Gasteiger partial charge in [0, 0.05) is 13.1 Å². The molecule has 1 aliphatic carbocycles. The molecule has 2 rings (SSSR count). The number of hydrogen-bond acceptors (Lipinski definition) is 2. The van der Waals surface area contributed by atoms with Gasteiger partial charge in [-0.15, -0.1) is 0 Å². The molecule has 0 aromatic heterocycles. The van der Waals surface area contributed by atoms with E-state index in [0.717, 1.165) is 31.2 Å². The molecular weight excluding hydrogens is 283 g/mol. The Morgan fingerprint density at radius 1 is 1.23 bits per heavy atom. The maximum Gasteiger partial charge on any atom is 0.243 e. The normalized spacial score (nSPS) is 16.0. The molecule has 0 atom stereocenters. The zero-order valence-corrected chi connectivity index (χ0v) is 12.5. The molecule has 0 radical (unpaired) electrons. The summed E-state index contributed by atoms with van der Waals surface area (Å²) in [7, 11) is 0. The Hall–Kier alpha value is -2.17. The van der Waals surface area contributed by atoms with Gasteiger partial charge in [-0.25, -0.2) is 4.39 Å². The Morgan fingerprint density at radius 2 is 1.91 bits per heavy atom. The van der Waals surface area contributed by atoms with Gasteiger partial charge < -0.3 is 10.6 Å². The fourth-order valence-electron chi connectivity index (χ4n) is 3.01. The van der Waals surface area contributed by atoms with Crippen LogP contribution in [-0.4, -0.2) is 24.9 Å². The minimum atomic E-state index is -0.648. The molecule has 2 amide bonds. The second kappa shape index (κ2) is 7.20. The van der Waals surface area contributed by atoms with Gasteiger partial charge in [-0.1, -0.05) is 31.6 Å². The van der Waals surface area contributed by atoms with E-state index in [1.54, 1.807) is 6.07 Å². The van der Waals surface area contributed by atoms with Crippen molar-refractivity contribution in [2.45, 2.75) is 31.1 Å². The first-order valence-corrected chi connectivity index (χ1v) is 7.53. The standard InChI is InChI=1S/C17H21FN2O2/c1-2-15(21)19-10-11-20-16(22)17(8-3-4-9-17)13-6-5-7-14(18)12-13/h2,5-7,12H,1,3-4,8-11H2,(H,19,21)(H,20,22). The van der Waals surface area contributed by atoms with Crippen molar-refractivity contribution in [2.75, 3.05) is 13.1 Å². The zero-order chi connectivity index (χ0) is 16.0. The Balaban J connectivity index is 2.03. The van der Waals surface area contributed by atoms with Gasteiger partial charge in [-0.05, 0) is 36.6 Å². The summed E-state index contributed by atoms with van der Waals surface area (Å²) in [6.45, 7) is 4.05. The predicted molar refractivity (Wildman–Crippen MR) is 82.8 cm³/mol. The van der Waals surface area contributed by atoms with Crippen LogP contribution >= 0.6 is 0 Å². The van der Waals surface area contributed by atoms with E-state index < -0.39 is 5.41 Å². The highest BCUT2D eigenvalue weighted by Gasteiger charge is 2.42. The molecule has 1 aromatic rings. The quantitative estimate of drug-likeness (QED) is 0.624. The van der Waals surface area contributed by atoms with Crippen molar-refractivity contribution in [1.29, 1.82) is 0 Å². The predicted octanol–water partition coefficient (Wildman–Crippen LogP) is 2.06. The Labute approximate surface area is 129 Å². The number of amides is 2. The van der Waals surface area contributed by atoms with E-state index in [9.17, 15) is 14.0 Å². The third-order valence-corrected chi connectivity index (χ3v) is 4.16. The number of hydrogen-bond donors (Lipinski definition) is 2. The molecule has 0 saturated heterocycles. The van der Waals surface area contributed by atoms with E-state index in [1.807, 2.05) is 6.07 Å². The minimum Gasteiger partial charge on any atom is -0.354 e. The van der Waals surface area contributed by atoms with Crippen molar-refractivity contribution in [3.63, 3.8) is 0 Å². The highest BCUT2D eigenvalue weighted by Crippen LogP contribution is 2.41. The first-order chi connectivity index (χ1) is 10.6. The third-order valence-electron chi connectivity index (χ3n) is 4.16. The number of carbonyl (C=O) groups is 2. The average molecular weight is 304 g/mol. The van der Waals surface area contributed by atoms with Crippen molar-refractivity contribution in [3.05, 3.63) is 48.3 Å². The Bertz CT molecular complexity index is 566. The molecule has 4 nitrogen and oxygen atoms in total. The molecule has 1 fully saturated rings. The lowest BCUT2D eigenvalue weighted by Gasteiger charge is -2.28. The van der Waals surface area contributed by atoms with Crippen LogP contribution < -0.4 is 10.6 Å². The van der Waals surface area contributed by atoms with Crippen LogP contribution in [0.2, 0.25) is 0 Å². The van der Waals surface area contributed by atoms with Crippen molar-refractivity contribution >= 4 is 11.8 Å². The average Bonchev–Trinajstić information content (AvgIpc) is 3.02. The molecule has 118 valence electrons. The maximum atomic E-state index is 13.5. The second-order valence-corrected chi connectivity index (χ2v) is 5.55. The van der Waals surface area contributed by atoms with Crippen LogP contribution in [0, 0.1) is 5.82 Å². The number of halogens is 1. The molecule has 0 heterocycles. The third kappa shape index (κ3) is 3.53. The molecule has 0 bridgehead atoms. The number of carbonyl (C=O) groups excluding carboxylic acids is 2. The zero-order valence-electron chi connectivity index (χ0n) is 12.5. The lowest BCUT2D eigenvalue weighted by atomic mass is 9.78. The van der Waals surface area contributed by atoms with E-state index in [-0.39, 0.29) is 17.6 Å². The van der Waals surface area contributed by atoms with Crippen LogP contribution in [0.1, 0.15) is 31.2 Å². The summed E-state index contributed by atoms with van der Waals surface area (Å²) < 4.78 is 13.5. The summed E-state index contributed by atoms with van der Waals surface area (Å²) in [6.07, 6.45) is 4.55. The van der Waals surface area contributed by atoms with Gasteiger partial charge in [0.05, 0.1) is 5.41 Å². The lowest BCUT2D eigenvalue weighted by Crippen LogP contribution is -2.45.